The van der Waals surface area contributed by atoms with Crippen molar-refractivity contribution in [3.8, 4) is 0 Å². The number of hydrogen-bond acceptors (Lipinski definition) is 3. The van der Waals surface area contributed by atoms with Crippen LogP contribution in [0.2, 0.25) is 5.02 Å². The van der Waals surface area contributed by atoms with Crippen LogP contribution in [-0.4, -0.2) is 42.2 Å². The fourth-order valence-corrected chi connectivity index (χ4v) is 2.96. The summed E-state index contributed by atoms with van der Waals surface area (Å²) >= 11 is 6.02. The lowest BCUT2D eigenvalue weighted by atomic mass is 9.98. The summed E-state index contributed by atoms with van der Waals surface area (Å²) in [6, 6.07) is 5.43. The first kappa shape index (κ1) is 15.1. The molecule has 2 N–H and O–H groups in total. The van der Waals surface area contributed by atoms with Crippen LogP contribution >= 0.6 is 11.6 Å². The van der Waals surface area contributed by atoms with Gasteiger partial charge < -0.3 is 15.3 Å². The monoisotopic (exact) mass is 296 g/mol. The van der Waals surface area contributed by atoms with E-state index in [9.17, 15) is 4.79 Å². The van der Waals surface area contributed by atoms with Gasteiger partial charge in [-0.1, -0.05) is 11.6 Å². The lowest BCUT2D eigenvalue weighted by Gasteiger charge is -2.36. The first-order valence-electron chi connectivity index (χ1n) is 7.06. The summed E-state index contributed by atoms with van der Waals surface area (Å²) in [5.74, 6) is -0.00463. The standard InChI is InChI=1S/C15H21ClN2O2/c1-17-14-6-5-11(16)10-13(14)15(20)18-8-3-2-4-12(18)7-9-19/h5-6,10,12,17,19H,2-4,7-9H2,1H3. The maximum Gasteiger partial charge on any atom is 0.256 e. The molecule has 0 aliphatic carbocycles. The highest BCUT2D eigenvalue weighted by Crippen LogP contribution is 2.26. The Morgan fingerprint density at radius 2 is 2.30 bits per heavy atom. The Balaban J connectivity index is 2.26. The predicted octanol–water partition coefficient (Wildman–Crippen LogP) is 2.76. The third kappa shape index (κ3) is 3.25. The number of halogens is 1. The van der Waals surface area contributed by atoms with Crippen molar-refractivity contribution in [2.45, 2.75) is 31.7 Å². The average Bonchev–Trinajstić information content (AvgIpc) is 2.47. The molecule has 110 valence electrons. The van der Waals surface area contributed by atoms with E-state index in [2.05, 4.69) is 5.32 Å². The molecule has 1 aromatic carbocycles. The number of benzene rings is 1. The van der Waals surface area contributed by atoms with Crippen molar-refractivity contribution in [3.05, 3.63) is 28.8 Å². The van der Waals surface area contributed by atoms with Gasteiger partial charge in [-0.3, -0.25) is 4.79 Å². The van der Waals surface area contributed by atoms with Gasteiger partial charge >= 0.3 is 0 Å². The largest absolute Gasteiger partial charge is 0.396 e. The van der Waals surface area contributed by atoms with E-state index < -0.39 is 0 Å². The van der Waals surface area contributed by atoms with Crippen molar-refractivity contribution in [1.82, 2.24) is 4.90 Å². The van der Waals surface area contributed by atoms with Crippen LogP contribution < -0.4 is 5.32 Å². The molecule has 1 aromatic rings. The van der Waals surface area contributed by atoms with Crippen LogP contribution in [0, 0.1) is 0 Å². The minimum Gasteiger partial charge on any atom is -0.396 e. The summed E-state index contributed by atoms with van der Waals surface area (Å²) < 4.78 is 0. The zero-order valence-corrected chi connectivity index (χ0v) is 12.5. The Morgan fingerprint density at radius 3 is 3.00 bits per heavy atom. The normalized spacial score (nSPS) is 18.9. The van der Waals surface area contributed by atoms with Gasteiger partial charge in [0.1, 0.15) is 0 Å². The van der Waals surface area contributed by atoms with Gasteiger partial charge in [-0.2, -0.15) is 0 Å². The number of rotatable bonds is 4. The number of piperidine rings is 1. The van der Waals surface area contributed by atoms with Crippen molar-refractivity contribution in [2.75, 3.05) is 25.5 Å². The summed E-state index contributed by atoms with van der Waals surface area (Å²) in [5.41, 5.74) is 1.39. The van der Waals surface area contributed by atoms with Gasteiger partial charge in [-0.25, -0.2) is 0 Å². The first-order valence-corrected chi connectivity index (χ1v) is 7.44. The van der Waals surface area contributed by atoms with Crippen LogP contribution in [0.1, 0.15) is 36.0 Å². The number of anilines is 1. The van der Waals surface area contributed by atoms with Gasteiger partial charge in [0.2, 0.25) is 0 Å². The molecule has 1 aliphatic rings. The molecule has 1 atom stereocenters. The number of aliphatic hydroxyl groups is 1. The summed E-state index contributed by atoms with van der Waals surface area (Å²) in [4.78, 5) is 14.6. The smallest absolute Gasteiger partial charge is 0.256 e. The van der Waals surface area contributed by atoms with E-state index in [0.717, 1.165) is 31.5 Å². The third-order valence-corrected chi connectivity index (χ3v) is 4.07. The molecule has 1 saturated heterocycles. The second kappa shape index (κ2) is 6.95. The summed E-state index contributed by atoms with van der Waals surface area (Å²) in [6.07, 6.45) is 3.73. The molecule has 1 amide bonds. The molecule has 1 fully saturated rings. The van der Waals surface area contributed by atoms with Crippen LogP contribution in [0.25, 0.3) is 0 Å². The highest BCUT2D eigenvalue weighted by atomic mass is 35.5. The zero-order chi connectivity index (χ0) is 14.5. The molecule has 0 bridgehead atoms. The molecule has 4 nitrogen and oxygen atoms in total. The Hall–Kier alpha value is -1.26. The zero-order valence-electron chi connectivity index (χ0n) is 11.7. The van der Waals surface area contributed by atoms with E-state index >= 15 is 0 Å². The average molecular weight is 297 g/mol. The second-order valence-corrected chi connectivity index (χ2v) is 5.54. The van der Waals surface area contributed by atoms with E-state index in [4.69, 9.17) is 16.7 Å². The Labute approximate surface area is 124 Å². The number of nitrogens with one attached hydrogen (secondary N) is 1. The first-order chi connectivity index (χ1) is 9.67. The van der Waals surface area contributed by atoms with Crippen molar-refractivity contribution in [1.29, 1.82) is 0 Å². The molecule has 5 heteroatoms. The number of carbonyl (C=O) groups is 1. The minimum absolute atomic E-state index is 0.00463. The van der Waals surface area contributed by atoms with Crippen LogP contribution in [0.5, 0.6) is 0 Å². The van der Waals surface area contributed by atoms with Crippen molar-refractivity contribution in [3.63, 3.8) is 0 Å². The fourth-order valence-electron chi connectivity index (χ4n) is 2.78. The highest BCUT2D eigenvalue weighted by Gasteiger charge is 2.28. The van der Waals surface area contributed by atoms with Crippen LogP contribution in [0.4, 0.5) is 5.69 Å². The molecule has 1 heterocycles. The van der Waals surface area contributed by atoms with Gasteiger partial charge in [0, 0.05) is 37.0 Å². The Kier molecular flexibility index (Phi) is 5.26. The van der Waals surface area contributed by atoms with E-state index in [0.29, 0.717) is 17.0 Å². The van der Waals surface area contributed by atoms with E-state index in [1.807, 2.05) is 11.0 Å². The number of hydrogen-bond donors (Lipinski definition) is 2. The lowest BCUT2D eigenvalue weighted by Crippen LogP contribution is -2.44. The van der Waals surface area contributed by atoms with E-state index in [1.54, 1.807) is 19.2 Å². The molecule has 2 rings (SSSR count). The second-order valence-electron chi connectivity index (χ2n) is 5.10. The predicted molar refractivity (Wildman–Crippen MR) is 81.4 cm³/mol. The van der Waals surface area contributed by atoms with Crippen LogP contribution in [0.3, 0.4) is 0 Å². The van der Waals surface area contributed by atoms with Gasteiger partial charge in [0.25, 0.3) is 5.91 Å². The summed E-state index contributed by atoms with van der Waals surface area (Å²) in [7, 11) is 1.79. The molecule has 20 heavy (non-hydrogen) atoms. The lowest BCUT2D eigenvalue weighted by molar-refractivity contribution is 0.0575. The van der Waals surface area contributed by atoms with E-state index in [-0.39, 0.29) is 18.6 Å². The molecule has 1 unspecified atom stereocenters. The molecule has 1 aliphatic heterocycles. The van der Waals surface area contributed by atoms with Crippen molar-refractivity contribution in [2.24, 2.45) is 0 Å². The number of nitrogens with zero attached hydrogens (tertiary/aromatic N) is 1. The van der Waals surface area contributed by atoms with Crippen LogP contribution in [0.15, 0.2) is 18.2 Å². The Bertz CT molecular complexity index is 477. The van der Waals surface area contributed by atoms with E-state index in [1.165, 1.54) is 0 Å². The number of likely N-dealkylation sites (tertiary alicyclic amines) is 1. The fraction of sp³-hybridized carbons (Fsp3) is 0.533. The third-order valence-electron chi connectivity index (χ3n) is 3.83. The number of aliphatic hydroxyl groups excluding tert-OH is 1. The van der Waals surface area contributed by atoms with Gasteiger partial charge in [-0.15, -0.1) is 0 Å². The Morgan fingerprint density at radius 1 is 1.50 bits per heavy atom. The summed E-state index contributed by atoms with van der Waals surface area (Å²) in [5, 5.41) is 12.8. The summed E-state index contributed by atoms with van der Waals surface area (Å²) in [6.45, 7) is 0.863. The molecule has 0 saturated carbocycles. The number of carbonyl (C=O) groups excluding carboxylic acids is 1. The molecular formula is C15H21ClN2O2. The number of amides is 1. The molecular weight excluding hydrogens is 276 g/mol. The molecule has 0 aromatic heterocycles. The minimum atomic E-state index is -0.00463. The van der Waals surface area contributed by atoms with Crippen molar-refractivity contribution < 1.29 is 9.90 Å². The van der Waals surface area contributed by atoms with Crippen LogP contribution in [-0.2, 0) is 0 Å². The topological polar surface area (TPSA) is 52.6 Å². The maximum atomic E-state index is 12.8. The SMILES string of the molecule is CNc1ccc(Cl)cc1C(=O)N1CCCCC1CCO. The highest BCUT2D eigenvalue weighted by molar-refractivity contribution is 6.31. The van der Waals surface area contributed by atoms with Gasteiger partial charge in [-0.05, 0) is 43.9 Å². The maximum absolute atomic E-state index is 12.8. The molecule has 0 spiro atoms. The molecule has 0 radical (unpaired) electrons. The van der Waals surface area contributed by atoms with Crippen molar-refractivity contribution >= 4 is 23.2 Å². The van der Waals surface area contributed by atoms with Gasteiger partial charge in [0.05, 0.1) is 5.56 Å². The quantitative estimate of drug-likeness (QED) is 0.898. The van der Waals surface area contributed by atoms with Gasteiger partial charge in [0.15, 0.2) is 0 Å².